The van der Waals surface area contributed by atoms with Crippen molar-refractivity contribution < 1.29 is 14.1 Å². The van der Waals surface area contributed by atoms with Crippen LogP contribution in [0.5, 0.6) is 0 Å². The van der Waals surface area contributed by atoms with Crippen molar-refractivity contribution in [3.63, 3.8) is 0 Å². The molecular formula is C14H12FNO3Se. The first-order valence-electron chi connectivity index (χ1n) is 5.58. The fourth-order valence-corrected chi connectivity index (χ4v) is 1.63. The fraction of sp³-hybridized carbons (Fsp3) is 0.0714. The molecule has 0 aliphatic heterocycles. The van der Waals surface area contributed by atoms with E-state index in [4.69, 9.17) is 0 Å². The Kier molecular flexibility index (Phi) is 6.03. The van der Waals surface area contributed by atoms with Gasteiger partial charge in [0.25, 0.3) is 0 Å². The van der Waals surface area contributed by atoms with Crippen LogP contribution in [0.2, 0.25) is 5.82 Å². The molecule has 0 bridgehead atoms. The van der Waals surface area contributed by atoms with Gasteiger partial charge in [0.2, 0.25) is 5.82 Å². The van der Waals surface area contributed by atoms with Gasteiger partial charge in [0.1, 0.15) is 5.56 Å². The topological polar surface area (TPSA) is 60.2 Å². The molecule has 2 aromatic rings. The van der Waals surface area contributed by atoms with E-state index in [0.29, 0.717) is 0 Å². The third-order valence-electron chi connectivity index (χ3n) is 2.45. The molecule has 20 heavy (non-hydrogen) atoms. The summed E-state index contributed by atoms with van der Waals surface area (Å²) >= 11 is 2.31. The first-order valence-corrected chi connectivity index (χ1v) is 7.46. The van der Waals surface area contributed by atoms with Crippen LogP contribution in [0.15, 0.2) is 48.5 Å². The van der Waals surface area contributed by atoms with E-state index in [0.717, 1.165) is 6.07 Å². The summed E-state index contributed by atoms with van der Waals surface area (Å²) in [6, 6.07) is 11.5. The molecule has 0 fully saturated rings. The van der Waals surface area contributed by atoms with Gasteiger partial charge in [0, 0.05) is 5.56 Å². The zero-order chi connectivity index (χ0) is 15.1. The number of nitrogens with zero attached hydrogens (tertiary/aromatic N) is 1. The number of ketones is 1. The second-order valence-corrected chi connectivity index (χ2v) is 3.59. The van der Waals surface area contributed by atoms with Gasteiger partial charge in [-0.25, -0.2) is 0 Å². The molecular weight excluding hydrogens is 328 g/mol. The van der Waals surface area contributed by atoms with Gasteiger partial charge in [0.05, 0.1) is 4.92 Å². The molecule has 0 aliphatic rings. The average Bonchev–Trinajstić information content (AvgIpc) is 2.49. The molecule has 2 rings (SSSR count). The summed E-state index contributed by atoms with van der Waals surface area (Å²) in [4.78, 5) is 22.0. The van der Waals surface area contributed by atoms with Gasteiger partial charge in [-0.05, 0) is 12.1 Å². The molecule has 2 aromatic carbocycles. The van der Waals surface area contributed by atoms with Crippen molar-refractivity contribution in [2.24, 2.45) is 0 Å². The number of para-hydroxylation sites is 1. The van der Waals surface area contributed by atoms with Crippen molar-refractivity contribution in [2.75, 3.05) is 0 Å². The summed E-state index contributed by atoms with van der Waals surface area (Å²) in [7, 11) is 0. The maximum Gasteiger partial charge on any atom is 0.315 e. The SMILES string of the molecule is C[SeH].O=C(c1ccccc1)c1cccc(F)c1[N+](=O)[O-]. The number of hydrogen-bond donors (Lipinski definition) is 0. The molecule has 0 saturated heterocycles. The molecule has 0 unspecified atom stereocenters. The Morgan fingerprint density at radius 2 is 1.70 bits per heavy atom. The van der Waals surface area contributed by atoms with E-state index >= 15 is 0 Å². The van der Waals surface area contributed by atoms with Crippen LogP contribution in [0, 0.1) is 15.9 Å². The number of carbonyl (C=O) groups is 1. The second kappa shape index (κ2) is 7.52. The molecule has 0 N–H and O–H groups in total. The molecule has 0 aliphatic carbocycles. The number of benzene rings is 2. The molecule has 0 heterocycles. The van der Waals surface area contributed by atoms with Gasteiger partial charge >= 0.3 is 27.5 Å². The van der Waals surface area contributed by atoms with Gasteiger partial charge in [-0.1, -0.05) is 36.4 Å². The first-order chi connectivity index (χ1) is 9.61. The Labute approximate surface area is 123 Å². The monoisotopic (exact) mass is 341 g/mol. The van der Waals surface area contributed by atoms with Gasteiger partial charge in [-0.3, -0.25) is 14.9 Å². The van der Waals surface area contributed by atoms with E-state index in [-0.39, 0.29) is 11.1 Å². The third kappa shape index (κ3) is 3.50. The molecule has 0 amide bonds. The van der Waals surface area contributed by atoms with Crippen LogP contribution >= 0.6 is 0 Å². The van der Waals surface area contributed by atoms with Crippen LogP contribution in [0.3, 0.4) is 0 Å². The zero-order valence-corrected chi connectivity index (χ0v) is 12.5. The Morgan fingerprint density at radius 3 is 2.25 bits per heavy atom. The number of halogens is 1. The Morgan fingerprint density at radius 1 is 1.10 bits per heavy atom. The number of nitro benzene ring substituents is 1. The molecule has 0 radical (unpaired) electrons. The predicted octanol–water partition coefficient (Wildman–Crippen LogP) is 2.90. The predicted molar refractivity (Wildman–Crippen MR) is 75.9 cm³/mol. The van der Waals surface area contributed by atoms with Crippen LogP contribution < -0.4 is 0 Å². The Bertz CT molecular complexity index is 617. The van der Waals surface area contributed by atoms with E-state index in [1.165, 1.54) is 24.3 Å². The van der Waals surface area contributed by atoms with Crippen LogP contribution in [-0.4, -0.2) is 26.7 Å². The van der Waals surface area contributed by atoms with Crippen LogP contribution in [0.4, 0.5) is 10.1 Å². The van der Waals surface area contributed by atoms with Crippen LogP contribution in [0.1, 0.15) is 15.9 Å². The summed E-state index contributed by atoms with van der Waals surface area (Å²) in [6.07, 6.45) is 0. The maximum absolute atomic E-state index is 13.4. The summed E-state index contributed by atoms with van der Waals surface area (Å²) < 4.78 is 13.4. The maximum atomic E-state index is 13.4. The van der Waals surface area contributed by atoms with E-state index in [2.05, 4.69) is 16.0 Å². The molecule has 0 saturated carbocycles. The largest absolute Gasteiger partial charge is 0.315 e. The third-order valence-corrected chi connectivity index (χ3v) is 2.45. The standard InChI is InChI=1S/C13H8FNO3.CH4Se/c14-11-8-4-7-10(12(11)15(17)18)13(16)9-5-2-1-3-6-9;1-2/h1-8H;2H,1H3. The Balaban J connectivity index is 0.000000956. The van der Waals surface area contributed by atoms with Crippen molar-refractivity contribution in [1.29, 1.82) is 0 Å². The summed E-state index contributed by atoms with van der Waals surface area (Å²) in [5, 5.41) is 10.8. The summed E-state index contributed by atoms with van der Waals surface area (Å²) in [5.41, 5.74) is -0.747. The summed E-state index contributed by atoms with van der Waals surface area (Å²) in [6.45, 7) is 0. The van der Waals surface area contributed by atoms with Crippen molar-refractivity contribution in [1.82, 2.24) is 0 Å². The number of carbonyl (C=O) groups excluding carboxylic acids is 1. The number of hydrogen-bond acceptors (Lipinski definition) is 3. The van der Waals surface area contributed by atoms with E-state index < -0.39 is 22.2 Å². The van der Waals surface area contributed by atoms with E-state index in [9.17, 15) is 19.3 Å². The molecule has 0 aromatic heterocycles. The quantitative estimate of drug-likeness (QED) is 0.374. The minimum Gasteiger partial charge on any atom is -0.288 e. The van der Waals surface area contributed by atoms with Crippen molar-refractivity contribution in [3.8, 4) is 0 Å². The average molecular weight is 340 g/mol. The first kappa shape index (κ1) is 16.0. The van der Waals surface area contributed by atoms with Crippen LogP contribution in [0.25, 0.3) is 0 Å². The molecule has 4 nitrogen and oxygen atoms in total. The van der Waals surface area contributed by atoms with Gasteiger partial charge < -0.3 is 0 Å². The normalized spacial score (nSPS) is 9.35. The Hall–Kier alpha value is -2.04. The molecule has 6 heteroatoms. The number of nitro groups is 1. The number of rotatable bonds is 3. The molecule has 0 spiro atoms. The van der Waals surface area contributed by atoms with Crippen LogP contribution in [-0.2, 0) is 0 Å². The minimum absolute atomic E-state index is 0.244. The van der Waals surface area contributed by atoms with E-state index in [1.807, 2.05) is 5.82 Å². The summed E-state index contributed by atoms with van der Waals surface area (Å²) in [5.74, 6) is 0.357. The fourth-order valence-electron chi connectivity index (χ4n) is 1.63. The van der Waals surface area contributed by atoms with Crippen molar-refractivity contribution >= 4 is 27.5 Å². The van der Waals surface area contributed by atoms with E-state index in [1.54, 1.807) is 18.2 Å². The minimum atomic E-state index is -1.01. The molecule has 104 valence electrons. The van der Waals surface area contributed by atoms with Gasteiger partial charge in [-0.2, -0.15) is 4.39 Å². The molecule has 0 atom stereocenters. The van der Waals surface area contributed by atoms with Gasteiger partial charge in [-0.15, -0.1) is 0 Å². The zero-order valence-electron chi connectivity index (χ0n) is 10.6. The smallest absolute Gasteiger partial charge is 0.288 e. The second-order valence-electron chi connectivity index (χ2n) is 3.59. The van der Waals surface area contributed by atoms with Gasteiger partial charge in [0.15, 0.2) is 5.78 Å². The van der Waals surface area contributed by atoms with Crippen molar-refractivity contribution in [3.05, 3.63) is 75.6 Å². The van der Waals surface area contributed by atoms with Crippen molar-refractivity contribution in [2.45, 2.75) is 5.82 Å².